The number of alkyl halides is 3. The van der Waals surface area contributed by atoms with Crippen molar-refractivity contribution in [1.29, 1.82) is 0 Å². The fourth-order valence-corrected chi connectivity index (χ4v) is 2.98. The van der Waals surface area contributed by atoms with E-state index in [4.69, 9.17) is 0 Å². The molecule has 1 N–H and O–H groups in total. The molecule has 0 bridgehead atoms. The topological polar surface area (TPSA) is 41.0 Å². The molecule has 3 rings (SSSR count). The summed E-state index contributed by atoms with van der Waals surface area (Å²) in [4.78, 5) is 16.8. The highest BCUT2D eigenvalue weighted by atomic mass is 19.4. The number of aromatic amines is 1. The summed E-state index contributed by atoms with van der Waals surface area (Å²) in [5.41, 5.74) is -0.343. The molecule has 114 valence electrons. The maximum Gasteiger partial charge on any atom is 0.416 e. The Kier molecular flexibility index (Phi) is 3.32. The normalized spacial score (nSPS) is 21.0. The van der Waals surface area contributed by atoms with E-state index in [-0.39, 0.29) is 11.9 Å². The van der Waals surface area contributed by atoms with Crippen molar-refractivity contribution in [2.24, 2.45) is 0 Å². The van der Waals surface area contributed by atoms with E-state index in [1.54, 1.807) is 0 Å². The number of halogens is 3. The number of rotatable bonds is 1. The standard InChI is InChI=1S/C14H16F3N3O/c1-19-7-3-2-4-12(19)20-11-8-9(14(15,16)17)5-6-10(11)18-13(20)21/h5-6,8,12H,2-4,7H2,1H3,(H,18,21). The van der Waals surface area contributed by atoms with Crippen molar-refractivity contribution in [3.63, 3.8) is 0 Å². The van der Waals surface area contributed by atoms with Crippen molar-refractivity contribution < 1.29 is 13.2 Å². The highest BCUT2D eigenvalue weighted by molar-refractivity contribution is 5.76. The maximum atomic E-state index is 12.9. The van der Waals surface area contributed by atoms with Gasteiger partial charge in [0, 0.05) is 0 Å². The second-order valence-corrected chi connectivity index (χ2v) is 5.49. The molecule has 0 aliphatic carbocycles. The molecule has 0 radical (unpaired) electrons. The number of aromatic nitrogens is 2. The fraction of sp³-hybridized carbons (Fsp3) is 0.500. The molecule has 1 atom stereocenters. The lowest BCUT2D eigenvalue weighted by Crippen LogP contribution is -2.37. The second kappa shape index (κ2) is 4.91. The van der Waals surface area contributed by atoms with E-state index in [0.717, 1.165) is 37.9 Å². The third kappa shape index (κ3) is 2.46. The zero-order chi connectivity index (χ0) is 15.2. The zero-order valence-electron chi connectivity index (χ0n) is 11.6. The van der Waals surface area contributed by atoms with Gasteiger partial charge in [0.05, 0.1) is 22.8 Å². The van der Waals surface area contributed by atoms with Crippen LogP contribution >= 0.6 is 0 Å². The molecule has 1 saturated heterocycles. The van der Waals surface area contributed by atoms with Crippen LogP contribution < -0.4 is 5.69 Å². The Morgan fingerprint density at radius 1 is 1.29 bits per heavy atom. The van der Waals surface area contributed by atoms with E-state index in [9.17, 15) is 18.0 Å². The van der Waals surface area contributed by atoms with Crippen LogP contribution in [0, 0.1) is 0 Å². The highest BCUT2D eigenvalue weighted by Crippen LogP contribution is 2.32. The predicted molar refractivity (Wildman–Crippen MR) is 73.1 cm³/mol. The first-order chi connectivity index (χ1) is 9.88. The van der Waals surface area contributed by atoms with E-state index in [0.29, 0.717) is 11.0 Å². The molecule has 1 unspecified atom stereocenters. The van der Waals surface area contributed by atoms with Gasteiger partial charge in [-0.25, -0.2) is 4.79 Å². The van der Waals surface area contributed by atoms with Crippen molar-refractivity contribution >= 4 is 11.0 Å². The maximum absolute atomic E-state index is 12.9. The molecule has 1 aromatic carbocycles. The average molecular weight is 299 g/mol. The lowest BCUT2D eigenvalue weighted by atomic mass is 10.1. The molecule has 2 aromatic rings. The number of benzene rings is 1. The van der Waals surface area contributed by atoms with E-state index < -0.39 is 11.7 Å². The molecular weight excluding hydrogens is 283 g/mol. The zero-order valence-corrected chi connectivity index (χ0v) is 11.6. The third-order valence-corrected chi connectivity index (χ3v) is 4.07. The molecule has 2 heterocycles. The van der Waals surface area contributed by atoms with Gasteiger partial charge in [0.1, 0.15) is 0 Å². The number of nitrogens with zero attached hydrogens (tertiary/aromatic N) is 2. The number of likely N-dealkylation sites (tertiary alicyclic amines) is 1. The first-order valence-electron chi connectivity index (χ1n) is 6.89. The van der Waals surface area contributed by atoms with Gasteiger partial charge >= 0.3 is 11.9 Å². The van der Waals surface area contributed by atoms with Crippen LogP contribution in [0.5, 0.6) is 0 Å². The van der Waals surface area contributed by atoms with Gasteiger partial charge in [0.15, 0.2) is 0 Å². The minimum atomic E-state index is -4.41. The summed E-state index contributed by atoms with van der Waals surface area (Å²) in [5.74, 6) is 0. The first kappa shape index (κ1) is 14.2. The van der Waals surface area contributed by atoms with Gasteiger partial charge in [0.25, 0.3) is 0 Å². The molecule has 1 aromatic heterocycles. The van der Waals surface area contributed by atoms with E-state index >= 15 is 0 Å². The van der Waals surface area contributed by atoms with Crippen molar-refractivity contribution in [1.82, 2.24) is 14.5 Å². The molecule has 1 fully saturated rings. The summed E-state index contributed by atoms with van der Waals surface area (Å²) >= 11 is 0. The number of fused-ring (bicyclic) bond motifs is 1. The number of imidazole rings is 1. The smallest absolute Gasteiger partial charge is 0.305 e. The molecule has 4 nitrogen and oxygen atoms in total. The van der Waals surface area contributed by atoms with Crippen molar-refractivity contribution in [3.05, 3.63) is 34.2 Å². The summed E-state index contributed by atoms with van der Waals surface area (Å²) in [6, 6.07) is 3.36. The number of piperidine rings is 1. The van der Waals surface area contributed by atoms with Crippen molar-refractivity contribution in [3.8, 4) is 0 Å². The summed E-state index contributed by atoms with van der Waals surface area (Å²) in [6.45, 7) is 0.836. The molecule has 0 spiro atoms. The van der Waals surface area contributed by atoms with Gasteiger partial charge in [-0.15, -0.1) is 0 Å². The summed E-state index contributed by atoms with van der Waals surface area (Å²) in [7, 11) is 1.89. The Hall–Kier alpha value is -1.76. The second-order valence-electron chi connectivity index (χ2n) is 5.49. The number of hydrogen-bond acceptors (Lipinski definition) is 2. The highest BCUT2D eigenvalue weighted by Gasteiger charge is 2.32. The van der Waals surface area contributed by atoms with Crippen molar-refractivity contribution in [2.45, 2.75) is 31.6 Å². The molecule has 7 heteroatoms. The molecule has 1 aliphatic heterocycles. The van der Waals surface area contributed by atoms with Gasteiger partial charge < -0.3 is 4.98 Å². The van der Waals surface area contributed by atoms with Crippen LogP contribution in [0.2, 0.25) is 0 Å². The van der Waals surface area contributed by atoms with E-state index in [2.05, 4.69) is 4.98 Å². The minimum absolute atomic E-state index is 0.191. The lowest BCUT2D eigenvalue weighted by molar-refractivity contribution is -0.137. The Morgan fingerprint density at radius 2 is 2.05 bits per heavy atom. The summed E-state index contributed by atoms with van der Waals surface area (Å²) in [6.07, 6.45) is -1.83. The SMILES string of the molecule is CN1CCCCC1n1c(=O)[nH]c2ccc(C(F)(F)F)cc21. The average Bonchev–Trinajstić information content (AvgIpc) is 2.73. The molecular formula is C14H16F3N3O. The van der Waals surface area contributed by atoms with Crippen LogP contribution in [0.15, 0.2) is 23.0 Å². The van der Waals surface area contributed by atoms with E-state index in [1.807, 2.05) is 11.9 Å². The van der Waals surface area contributed by atoms with Gasteiger partial charge in [-0.2, -0.15) is 13.2 Å². The Bertz CT molecular complexity index is 716. The van der Waals surface area contributed by atoms with Crippen molar-refractivity contribution in [2.75, 3.05) is 13.6 Å². The first-order valence-corrected chi connectivity index (χ1v) is 6.89. The number of nitrogens with one attached hydrogen (secondary N) is 1. The van der Waals surface area contributed by atoms with Crippen LogP contribution in [0.25, 0.3) is 11.0 Å². The minimum Gasteiger partial charge on any atom is -0.305 e. The van der Waals surface area contributed by atoms with Crippen LogP contribution in [0.3, 0.4) is 0 Å². The molecule has 1 aliphatic rings. The Labute approximate surface area is 119 Å². The quantitative estimate of drug-likeness (QED) is 0.879. The molecule has 0 saturated carbocycles. The van der Waals surface area contributed by atoms with Crippen LogP contribution in [-0.4, -0.2) is 28.0 Å². The van der Waals surface area contributed by atoms with Crippen LogP contribution in [-0.2, 0) is 6.18 Å². The summed E-state index contributed by atoms with van der Waals surface area (Å²) < 4.78 is 40.0. The van der Waals surface area contributed by atoms with Gasteiger partial charge in [-0.05, 0) is 51.1 Å². The molecule has 21 heavy (non-hydrogen) atoms. The summed E-state index contributed by atoms with van der Waals surface area (Å²) in [5, 5.41) is 0. The van der Waals surface area contributed by atoms with E-state index in [1.165, 1.54) is 10.6 Å². The number of hydrogen-bond donors (Lipinski definition) is 1. The lowest BCUT2D eigenvalue weighted by Gasteiger charge is -2.33. The largest absolute Gasteiger partial charge is 0.416 e. The Morgan fingerprint density at radius 3 is 2.71 bits per heavy atom. The predicted octanol–water partition coefficient (Wildman–Crippen LogP) is 2.96. The van der Waals surface area contributed by atoms with Crippen LogP contribution in [0.1, 0.15) is 31.0 Å². The molecule has 0 amide bonds. The Balaban J connectivity index is 2.17. The van der Waals surface area contributed by atoms with Gasteiger partial charge in [0.2, 0.25) is 0 Å². The van der Waals surface area contributed by atoms with Gasteiger partial charge in [-0.1, -0.05) is 0 Å². The fourth-order valence-electron chi connectivity index (χ4n) is 2.98. The number of H-pyrrole nitrogens is 1. The third-order valence-electron chi connectivity index (χ3n) is 4.07. The van der Waals surface area contributed by atoms with Crippen LogP contribution in [0.4, 0.5) is 13.2 Å². The monoisotopic (exact) mass is 299 g/mol. The van der Waals surface area contributed by atoms with Gasteiger partial charge in [-0.3, -0.25) is 9.47 Å².